The lowest BCUT2D eigenvalue weighted by molar-refractivity contribution is 0.181. The number of hydrogen-bond acceptors (Lipinski definition) is 4. The molecule has 5 nitrogen and oxygen atoms in total. The van der Waals surface area contributed by atoms with Crippen LogP contribution in [-0.4, -0.2) is 26.4 Å². The first kappa shape index (κ1) is 17.3. The summed E-state index contributed by atoms with van der Waals surface area (Å²) in [7, 11) is 1.69. The van der Waals surface area contributed by atoms with Gasteiger partial charge in [0.15, 0.2) is 0 Å². The molecule has 1 aliphatic heterocycles. The highest BCUT2D eigenvalue weighted by Crippen LogP contribution is 2.28. The second-order valence-corrected chi connectivity index (χ2v) is 6.21. The molecule has 1 heterocycles. The van der Waals surface area contributed by atoms with Crippen molar-refractivity contribution in [1.29, 1.82) is 0 Å². The largest absolute Gasteiger partial charge is 0.496 e. The van der Waals surface area contributed by atoms with Crippen LogP contribution < -0.4 is 15.0 Å². The lowest BCUT2D eigenvalue weighted by atomic mass is 10.0. The summed E-state index contributed by atoms with van der Waals surface area (Å²) in [5.41, 5.74) is 3.17. The summed E-state index contributed by atoms with van der Waals surface area (Å²) in [6.45, 7) is 5.32. The minimum Gasteiger partial charge on any atom is -0.496 e. The van der Waals surface area contributed by atoms with Crippen molar-refractivity contribution in [3.63, 3.8) is 0 Å². The summed E-state index contributed by atoms with van der Waals surface area (Å²) >= 11 is 0. The molecule has 1 saturated heterocycles. The van der Waals surface area contributed by atoms with Gasteiger partial charge in [0.1, 0.15) is 12.4 Å². The molecule has 3 rings (SSSR count). The van der Waals surface area contributed by atoms with Gasteiger partial charge in [0.05, 0.1) is 13.7 Å². The maximum atomic E-state index is 11.6. The summed E-state index contributed by atoms with van der Waals surface area (Å²) < 4.78 is 10.4. The molecule has 0 unspecified atom stereocenters. The standard InChI is InChI=1S/C20H24N2O3/c1-14(21-15(2)18-6-4-5-7-19(18)24-3)16-8-10-17(11-9-16)22-12-13-25-20(22)23/h4-11,14-15,21H,12-13H2,1-3H3/t14-,15+/m1/s1. The van der Waals surface area contributed by atoms with Crippen molar-refractivity contribution in [2.45, 2.75) is 25.9 Å². The predicted octanol–water partition coefficient (Wildman–Crippen LogP) is 4.06. The highest BCUT2D eigenvalue weighted by molar-refractivity contribution is 5.89. The van der Waals surface area contributed by atoms with Crippen molar-refractivity contribution in [3.8, 4) is 5.75 Å². The minimum absolute atomic E-state index is 0.152. The molecule has 1 amide bonds. The van der Waals surface area contributed by atoms with Crippen molar-refractivity contribution >= 4 is 11.8 Å². The monoisotopic (exact) mass is 340 g/mol. The fourth-order valence-corrected chi connectivity index (χ4v) is 3.16. The number of ether oxygens (including phenoxy) is 2. The topological polar surface area (TPSA) is 50.8 Å². The lowest BCUT2D eigenvalue weighted by Gasteiger charge is -2.23. The number of nitrogens with one attached hydrogen (secondary N) is 1. The number of carbonyl (C=O) groups is 1. The Bertz CT molecular complexity index is 730. The van der Waals surface area contributed by atoms with Crippen LogP contribution >= 0.6 is 0 Å². The zero-order valence-electron chi connectivity index (χ0n) is 14.9. The highest BCUT2D eigenvalue weighted by Gasteiger charge is 2.23. The molecule has 1 N–H and O–H groups in total. The van der Waals surface area contributed by atoms with E-state index in [-0.39, 0.29) is 18.2 Å². The van der Waals surface area contributed by atoms with E-state index in [1.807, 2.05) is 42.5 Å². The fourth-order valence-electron chi connectivity index (χ4n) is 3.16. The molecule has 0 radical (unpaired) electrons. The third-order valence-electron chi connectivity index (χ3n) is 4.57. The average molecular weight is 340 g/mol. The van der Waals surface area contributed by atoms with Gasteiger partial charge in [0, 0.05) is 23.3 Å². The molecule has 0 spiro atoms. The number of nitrogens with zero attached hydrogens (tertiary/aromatic N) is 1. The van der Waals surface area contributed by atoms with Crippen LogP contribution in [0.25, 0.3) is 0 Å². The first-order valence-corrected chi connectivity index (χ1v) is 8.53. The van der Waals surface area contributed by atoms with Crippen molar-refractivity contribution in [1.82, 2.24) is 5.32 Å². The van der Waals surface area contributed by atoms with Crippen LogP contribution in [-0.2, 0) is 4.74 Å². The van der Waals surface area contributed by atoms with Crippen molar-refractivity contribution < 1.29 is 14.3 Å². The Morgan fingerprint density at radius 2 is 1.80 bits per heavy atom. The molecule has 0 aliphatic carbocycles. The zero-order valence-corrected chi connectivity index (χ0v) is 14.9. The molecule has 5 heteroatoms. The van der Waals surface area contributed by atoms with Gasteiger partial charge in [0.25, 0.3) is 0 Å². The first-order chi connectivity index (χ1) is 12.1. The van der Waals surface area contributed by atoms with Crippen molar-refractivity contribution in [2.24, 2.45) is 0 Å². The highest BCUT2D eigenvalue weighted by atomic mass is 16.6. The smallest absolute Gasteiger partial charge is 0.414 e. The van der Waals surface area contributed by atoms with Gasteiger partial charge in [-0.2, -0.15) is 0 Å². The predicted molar refractivity (Wildman–Crippen MR) is 98.1 cm³/mol. The molecule has 25 heavy (non-hydrogen) atoms. The molecule has 2 aromatic rings. The molecule has 0 saturated carbocycles. The van der Waals surface area contributed by atoms with Crippen molar-refractivity contribution in [3.05, 3.63) is 59.7 Å². The maximum absolute atomic E-state index is 11.6. The molecule has 1 fully saturated rings. The average Bonchev–Trinajstić information content (AvgIpc) is 3.07. The number of para-hydroxylation sites is 1. The van der Waals surface area contributed by atoms with E-state index in [0.717, 1.165) is 22.6 Å². The summed E-state index contributed by atoms with van der Waals surface area (Å²) in [6, 6.07) is 16.4. The fraction of sp³-hybridized carbons (Fsp3) is 0.350. The van der Waals surface area contributed by atoms with Gasteiger partial charge in [-0.25, -0.2) is 4.79 Å². The van der Waals surface area contributed by atoms with Crippen molar-refractivity contribution in [2.75, 3.05) is 25.2 Å². The Hall–Kier alpha value is -2.53. The molecular weight excluding hydrogens is 316 g/mol. The van der Waals surface area contributed by atoms with E-state index in [2.05, 4.69) is 25.2 Å². The quantitative estimate of drug-likeness (QED) is 0.861. The van der Waals surface area contributed by atoms with Crippen LogP contribution in [0.2, 0.25) is 0 Å². The SMILES string of the molecule is COc1ccccc1[C@H](C)N[C@H](C)c1ccc(N2CCOC2=O)cc1. The second kappa shape index (κ2) is 7.57. The third kappa shape index (κ3) is 3.77. The number of rotatable bonds is 6. The molecule has 2 atom stereocenters. The third-order valence-corrected chi connectivity index (χ3v) is 4.57. The van der Waals surface area contributed by atoms with Crippen LogP contribution in [0.4, 0.5) is 10.5 Å². The number of methoxy groups -OCH3 is 1. The number of hydrogen-bond donors (Lipinski definition) is 1. The number of carbonyl (C=O) groups excluding carboxylic acids is 1. The van der Waals surface area contributed by atoms with Gasteiger partial charge >= 0.3 is 6.09 Å². The molecule has 2 aromatic carbocycles. The number of amides is 1. The molecule has 132 valence electrons. The van der Waals surface area contributed by atoms with Crippen LogP contribution in [0.3, 0.4) is 0 Å². The van der Waals surface area contributed by atoms with Crippen LogP contribution in [0.15, 0.2) is 48.5 Å². The van der Waals surface area contributed by atoms with Gasteiger partial charge in [-0.05, 0) is 37.6 Å². The van der Waals surface area contributed by atoms with Gasteiger partial charge in [-0.1, -0.05) is 30.3 Å². The van der Waals surface area contributed by atoms with Crippen LogP contribution in [0.5, 0.6) is 5.75 Å². The Balaban J connectivity index is 1.68. The van der Waals surface area contributed by atoms with E-state index in [1.54, 1.807) is 12.0 Å². The van der Waals surface area contributed by atoms with E-state index in [1.165, 1.54) is 0 Å². The Morgan fingerprint density at radius 3 is 2.44 bits per heavy atom. The van der Waals surface area contributed by atoms with E-state index in [0.29, 0.717) is 13.2 Å². The summed E-state index contributed by atoms with van der Waals surface area (Å²) in [6.07, 6.45) is -0.274. The number of anilines is 1. The summed E-state index contributed by atoms with van der Waals surface area (Å²) in [5, 5.41) is 3.60. The van der Waals surface area contributed by atoms with Crippen LogP contribution in [0.1, 0.15) is 37.1 Å². The van der Waals surface area contributed by atoms with E-state index in [9.17, 15) is 4.79 Å². The van der Waals surface area contributed by atoms with Gasteiger partial charge in [-0.3, -0.25) is 4.90 Å². The Kier molecular flexibility index (Phi) is 5.24. The second-order valence-electron chi connectivity index (χ2n) is 6.21. The molecular formula is C20H24N2O3. The zero-order chi connectivity index (χ0) is 17.8. The molecule has 0 aromatic heterocycles. The van der Waals surface area contributed by atoms with Gasteiger partial charge in [-0.15, -0.1) is 0 Å². The number of benzene rings is 2. The lowest BCUT2D eigenvalue weighted by Crippen LogP contribution is -2.24. The van der Waals surface area contributed by atoms with E-state index < -0.39 is 0 Å². The van der Waals surface area contributed by atoms with Gasteiger partial charge < -0.3 is 14.8 Å². The van der Waals surface area contributed by atoms with E-state index >= 15 is 0 Å². The number of cyclic esters (lactones) is 1. The Morgan fingerprint density at radius 1 is 1.08 bits per heavy atom. The summed E-state index contributed by atoms with van der Waals surface area (Å²) in [4.78, 5) is 13.3. The normalized spacial score (nSPS) is 16.4. The van der Waals surface area contributed by atoms with Gasteiger partial charge in [0.2, 0.25) is 0 Å². The first-order valence-electron chi connectivity index (χ1n) is 8.53. The maximum Gasteiger partial charge on any atom is 0.414 e. The summed E-state index contributed by atoms with van der Waals surface area (Å²) in [5.74, 6) is 0.887. The Labute approximate surface area is 148 Å². The van der Waals surface area contributed by atoms with Crippen LogP contribution in [0, 0.1) is 0 Å². The molecule has 0 bridgehead atoms. The van der Waals surface area contributed by atoms with E-state index in [4.69, 9.17) is 9.47 Å². The molecule has 1 aliphatic rings. The minimum atomic E-state index is -0.274.